The molecule has 0 aliphatic carbocycles. The topological polar surface area (TPSA) is 84.9 Å². The summed E-state index contributed by atoms with van der Waals surface area (Å²) in [5, 5.41) is 2.73. The summed E-state index contributed by atoms with van der Waals surface area (Å²) < 4.78 is 10.8. The molecule has 0 aromatic heterocycles. The minimum Gasteiger partial charge on any atom is -0.493 e. The Hall–Kier alpha value is -3.35. The zero-order valence-corrected chi connectivity index (χ0v) is 14.4. The summed E-state index contributed by atoms with van der Waals surface area (Å²) in [5.41, 5.74) is 1.70. The second-order valence-electron chi connectivity index (χ2n) is 5.76. The number of carbonyl (C=O) groups excluding carboxylic acids is 3. The lowest BCUT2D eigenvalue weighted by atomic mass is 10.1. The number of benzene rings is 2. The van der Waals surface area contributed by atoms with Crippen LogP contribution in [0.4, 0.5) is 11.4 Å². The molecule has 2 amide bonds. The molecule has 0 spiro atoms. The van der Waals surface area contributed by atoms with Gasteiger partial charge in [0.25, 0.3) is 5.91 Å². The number of ketones is 1. The summed E-state index contributed by atoms with van der Waals surface area (Å²) in [6.07, 6.45) is 0. The van der Waals surface area contributed by atoms with Crippen molar-refractivity contribution in [3.63, 3.8) is 0 Å². The van der Waals surface area contributed by atoms with Crippen LogP contribution in [-0.2, 0) is 9.59 Å². The van der Waals surface area contributed by atoms with E-state index in [1.54, 1.807) is 42.5 Å². The van der Waals surface area contributed by atoms with Gasteiger partial charge in [-0.05, 0) is 37.3 Å². The molecule has 134 valence electrons. The van der Waals surface area contributed by atoms with E-state index in [0.717, 1.165) is 0 Å². The Kier molecular flexibility index (Phi) is 4.88. The Labute approximate surface area is 150 Å². The fraction of sp³-hybridized carbons (Fsp3) is 0.211. The molecule has 2 aromatic carbocycles. The molecule has 0 unspecified atom stereocenters. The van der Waals surface area contributed by atoms with Gasteiger partial charge in [-0.15, -0.1) is 0 Å². The molecule has 2 aromatic rings. The van der Waals surface area contributed by atoms with Crippen molar-refractivity contribution in [1.82, 2.24) is 0 Å². The fourth-order valence-electron chi connectivity index (χ4n) is 2.68. The number of rotatable bonds is 5. The van der Waals surface area contributed by atoms with Crippen LogP contribution < -0.4 is 19.7 Å². The zero-order valence-electron chi connectivity index (χ0n) is 14.4. The highest BCUT2D eigenvalue weighted by atomic mass is 16.5. The van der Waals surface area contributed by atoms with Gasteiger partial charge in [0.15, 0.2) is 23.9 Å². The fourth-order valence-corrected chi connectivity index (χ4v) is 2.68. The molecule has 1 heterocycles. The maximum Gasteiger partial charge on any atom is 0.265 e. The highest BCUT2D eigenvalue weighted by Crippen LogP contribution is 2.30. The minimum atomic E-state index is -0.356. The first-order valence-electron chi connectivity index (χ1n) is 8.00. The van der Waals surface area contributed by atoms with Crippen LogP contribution in [0, 0.1) is 0 Å². The highest BCUT2D eigenvalue weighted by Gasteiger charge is 2.27. The van der Waals surface area contributed by atoms with Gasteiger partial charge in [0.1, 0.15) is 6.54 Å². The van der Waals surface area contributed by atoms with E-state index in [2.05, 4.69) is 5.32 Å². The van der Waals surface area contributed by atoms with Crippen LogP contribution in [0.15, 0.2) is 42.5 Å². The standard InChI is InChI=1S/C19H18N2O5/c1-12(22)13-7-8-16(17(9-13)25-2)26-11-19(24)21-10-18(23)20-14-5-3-4-6-15(14)21/h3-9H,10-11H2,1-2H3,(H,20,23). The Morgan fingerprint density at radius 2 is 1.92 bits per heavy atom. The molecular formula is C19H18N2O5. The molecule has 0 bridgehead atoms. The molecule has 7 nitrogen and oxygen atoms in total. The number of nitrogens with one attached hydrogen (secondary N) is 1. The number of anilines is 2. The third-order valence-electron chi connectivity index (χ3n) is 3.99. The van der Waals surface area contributed by atoms with E-state index in [9.17, 15) is 14.4 Å². The van der Waals surface area contributed by atoms with Crippen molar-refractivity contribution in [2.24, 2.45) is 0 Å². The number of nitrogens with zero attached hydrogens (tertiary/aromatic N) is 1. The first-order valence-corrected chi connectivity index (χ1v) is 8.00. The van der Waals surface area contributed by atoms with Crippen molar-refractivity contribution in [2.75, 3.05) is 30.5 Å². The predicted molar refractivity (Wildman–Crippen MR) is 95.9 cm³/mol. The molecule has 1 aliphatic heterocycles. The molecule has 0 saturated carbocycles. The molecule has 7 heteroatoms. The summed E-state index contributed by atoms with van der Waals surface area (Å²) >= 11 is 0. The lowest BCUT2D eigenvalue weighted by molar-refractivity contribution is -0.123. The lowest BCUT2D eigenvalue weighted by Gasteiger charge is -2.29. The van der Waals surface area contributed by atoms with E-state index in [1.807, 2.05) is 0 Å². The van der Waals surface area contributed by atoms with Gasteiger partial charge in [-0.3, -0.25) is 19.3 Å². The van der Waals surface area contributed by atoms with Crippen LogP contribution in [-0.4, -0.2) is 37.9 Å². The van der Waals surface area contributed by atoms with Crippen molar-refractivity contribution in [1.29, 1.82) is 0 Å². The molecule has 1 aliphatic rings. The van der Waals surface area contributed by atoms with Crippen molar-refractivity contribution < 1.29 is 23.9 Å². The maximum absolute atomic E-state index is 12.6. The van der Waals surface area contributed by atoms with Gasteiger partial charge in [-0.1, -0.05) is 12.1 Å². The smallest absolute Gasteiger partial charge is 0.265 e. The van der Waals surface area contributed by atoms with Gasteiger partial charge in [-0.2, -0.15) is 0 Å². The van der Waals surface area contributed by atoms with Crippen LogP contribution in [0.25, 0.3) is 0 Å². The van der Waals surface area contributed by atoms with Crippen molar-refractivity contribution in [3.05, 3.63) is 48.0 Å². The maximum atomic E-state index is 12.6. The van der Waals surface area contributed by atoms with Gasteiger partial charge in [0.05, 0.1) is 18.5 Å². The van der Waals surface area contributed by atoms with Gasteiger partial charge in [0.2, 0.25) is 5.91 Å². The molecule has 1 N–H and O–H groups in total. The van der Waals surface area contributed by atoms with E-state index < -0.39 is 0 Å². The van der Waals surface area contributed by atoms with E-state index in [4.69, 9.17) is 9.47 Å². The van der Waals surface area contributed by atoms with Gasteiger partial charge < -0.3 is 14.8 Å². The van der Waals surface area contributed by atoms with Gasteiger partial charge in [-0.25, -0.2) is 0 Å². The van der Waals surface area contributed by atoms with E-state index in [1.165, 1.54) is 18.9 Å². The number of ether oxygens (including phenoxy) is 2. The lowest BCUT2D eigenvalue weighted by Crippen LogP contribution is -2.44. The van der Waals surface area contributed by atoms with Crippen LogP contribution in [0.2, 0.25) is 0 Å². The number of carbonyl (C=O) groups is 3. The highest BCUT2D eigenvalue weighted by molar-refractivity contribution is 6.10. The predicted octanol–water partition coefficient (Wildman–Crippen LogP) is 2.26. The number of amides is 2. The third-order valence-corrected chi connectivity index (χ3v) is 3.99. The van der Waals surface area contributed by atoms with Crippen molar-refractivity contribution in [3.8, 4) is 11.5 Å². The average Bonchev–Trinajstić information content (AvgIpc) is 2.65. The molecule has 0 saturated heterocycles. The first kappa shape index (κ1) is 17.5. The second kappa shape index (κ2) is 7.26. The Balaban J connectivity index is 1.75. The summed E-state index contributed by atoms with van der Waals surface area (Å²) in [6, 6.07) is 11.8. The third kappa shape index (κ3) is 3.51. The summed E-state index contributed by atoms with van der Waals surface area (Å²) in [6.45, 7) is 1.12. The van der Waals surface area contributed by atoms with Crippen LogP contribution in [0.5, 0.6) is 11.5 Å². The molecule has 3 rings (SSSR count). The van der Waals surface area contributed by atoms with Crippen LogP contribution >= 0.6 is 0 Å². The van der Waals surface area contributed by atoms with Gasteiger partial charge in [0, 0.05) is 5.56 Å². The van der Waals surface area contributed by atoms with Gasteiger partial charge >= 0.3 is 0 Å². The Morgan fingerprint density at radius 1 is 1.15 bits per heavy atom. The Morgan fingerprint density at radius 3 is 2.65 bits per heavy atom. The number of fused-ring (bicyclic) bond motifs is 1. The van der Waals surface area contributed by atoms with Crippen LogP contribution in [0.1, 0.15) is 17.3 Å². The molecular weight excluding hydrogens is 336 g/mol. The summed E-state index contributed by atoms with van der Waals surface area (Å²) in [4.78, 5) is 37.2. The van der Waals surface area contributed by atoms with Crippen molar-refractivity contribution in [2.45, 2.75) is 6.92 Å². The second-order valence-corrected chi connectivity index (χ2v) is 5.76. The SMILES string of the molecule is COc1cc(C(C)=O)ccc1OCC(=O)N1CC(=O)Nc2ccccc21. The average molecular weight is 354 g/mol. The van der Waals surface area contributed by atoms with E-state index in [-0.39, 0.29) is 30.7 Å². The summed E-state index contributed by atoms with van der Waals surface area (Å²) in [5.74, 6) is -0.00446. The minimum absolute atomic E-state index is 0.0698. The summed E-state index contributed by atoms with van der Waals surface area (Å²) in [7, 11) is 1.46. The van der Waals surface area contributed by atoms with Crippen LogP contribution in [0.3, 0.4) is 0 Å². The molecule has 26 heavy (non-hydrogen) atoms. The Bertz CT molecular complexity index is 878. The number of para-hydroxylation sites is 2. The van der Waals surface area contributed by atoms with E-state index in [0.29, 0.717) is 28.4 Å². The number of methoxy groups -OCH3 is 1. The first-order chi connectivity index (χ1) is 12.5. The van der Waals surface area contributed by atoms with E-state index >= 15 is 0 Å². The van der Waals surface area contributed by atoms with Crippen molar-refractivity contribution >= 4 is 29.0 Å². The molecule has 0 radical (unpaired) electrons. The normalized spacial score (nSPS) is 12.8. The number of hydrogen-bond donors (Lipinski definition) is 1. The number of Topliss-reactive ketones (excluding diaryl/α,β-unsaturated/α-hetero) is 1. The molecule has 0 atom stereocenters. The zero-order chi connectivity index (χ0) is 18.7. The molecule has 0 fully saturated rings. The monoisotopic (exact) mass is 354 g/mol. The largest absolute Gasteiger partial charge is 0.493 e. The number of hydrogen-bond acceptors (Lipinski definition) is 5. The quantitative estimate of drug-likeness (QED) is 0.833.